The van der Waals surface area contributed by atoms with Crippen LogP contribution in [0.3, 0.4) is 0 Å². The number of amides is 1. The average Bonchev–Trinajstić information content (AvgIpc) is 2.61. The van der Waals surface area contributed by atoms with Gasteiger partial charge in [0, 0.05) is 23.2 Å². The first-order valence-electron chi connectivity index (χ1n) is 8.72. The lowest BCUT2D eigenvalue weighted by molar-refractivity contribution is -0.128. The molecule has 6 nitrogen and oxygen atoms in total. The van der Waals surface area contributed by atoms with E-state index in [-0.39, 0.29) is 17.8 Å². The number of phenols is 1. The zero-order valence-corrected chi connectivity index (χ0v) is 16.0. The number of β-amino-alcohol motifs (C(OH)–C–C–N with tert-alkyl or cyclic N) is 1. The predicted molar refractivity (Wildman–Crippen MR) is 104 cm³/mol. The number of aromatic hydroxyl groups is 1. The molecule has 1 heterocycles. The molecular formula is C20H23ClN2O4. The summed E-state index contributed by atoms with van der Waals surface area (Å²) in [6.45, 7) is 4.23. The number of carbonyl (C=O) groups excluding carboxylic acids is 1. The second kappa shape index (κ2) is 7.76. The number of benzene rings is 2. The highest BCUT2D eigenvalue weighted by Crippen LogP contribution is 2.33. The number of nitrogens with one attached hydrogen (secondary N) is 2. The van der Waals surface area contributed by atoms with E-state index in [0.29, 0.717) is 16.5 Å². The Morgan fingerprint density at radius 2 is 1.96 bits per heavy atom. The average molecular weight is 391 g/mol. The van der Waals surface area contributed by atoms with Crippen LogP contribution in [0, 0.1) is 0 Å². The summed E-state index contributed by atoms with van der Waals surface area (Å²) in [5.74, 6) is -0.00274. The van der Waals surface area contributed by atoms with Gasteiger partial charge in [-0.15, -0.1) is 0 Å². The maximum absolute atomic E-state index is 12.2. The van der Waals surface area contributed by atoms with Crippen molar-refractivity contribution < 1.29 is 19.7 Å². The highest BCUT2D eigenvalue weighted by molar-refractivity contribution is 6.30. The van der Waals surface area contributed by atoms with E-state index in [4.69, 9.17) is 16.3 Å². The number of ether oxygens (including phenoxy) is 1. The molecular weight excluding hydrogens is 368 g/mol. The number of carbonyl (C=O) groups is 1. The van der Waals surface area contributed by atoms with Gasteiger partial charge in [0.2, 0.25) is 6.10 Å². The van der Waals surface area contributed by atoms with Gasteiger partial charge >= 0.3 is 0 Å². The zero-order chi connectivity index (χ0) is 19.6. The van der Waals surface area contributed by atoms with Crippen molar-refractivity contribution in [1.82, 2.24) is 5.32 Å². The third-order valence-electron chi connectivity index (χ3n) is 4.43. The summed E-state index contributed by atoms with van der Waals surface area (Å²) >= 11 is 5.92. The molecule has 0 spiro atoms. The molecule has 2 unspecified atom stereocenters. The third-order valence-corrected chi connectivity index (χ3v) is 4.68. The Balaban J connectivity index is 1.59. The van der Waals surface area contributed by atoms with Crippen LogP contribution in [-0.4, -0.2) is 40.4 Å². The van der Waals surface area contributed by atoms with Gasteiger partial charge in [-0.1, -0.05) is 23.7 Å². The van der Waals surface area contributed by atoms with E-state index in [1.54, 1.807) is 6.07 Å². The lowest BCUT2D eigenvalue weighted by atomic mass is 9.94. The van der Waals surface area contributed by atoms with E-state index in [0.717, 1.165) is 12.0 Å². The summed E-state index contributed by atoms with van der Waals surface area (Å²) < 4.78 is 5.63. The van der Waals surface area contributed by atoms with Gasteiger partial charge in [-0.2, -0.15) is 0 Å². The van der Waals surface area contributed by atoms with Crippen molar-refractivity contribution >= 4 is 23.2 Å². The minimum absolute atomic E-state index is 0.0299. The number of anilines is 1. The first-order valence-corrected chi connectivity index (χ1v) is 9.09. The topological polar surface area (TPSA) is 90.8 Å². The molecule has 4 N–H and O–H groups in total. The van der Waals surface area contributed by atoms with Crippen molar-refractivity contribution in [1.29, 1.82) is 0 Å². The Morgan fingerprint density at radius 1 is 1.26 bits per heavy atom. The van der Waals surface area contributed by atoms with Gasteiger partial charge in [0.1, 0.15) is 17.6 Å². The first-order chi connectivity index (χ1) is 12.7. The van der Waals surface area contributed by atoms with Crippen LogP contribution in [0.2, 0.25) is 5.02 Å². The number of aliphatic hydroxyl groups is 1. The summed E-state index contributed by atoms with van der Waals surface area (Å²) in [5.41, 5.74) is 1.20. The van der Waals surface area contributed by atoms with E-state index in [1.807, 2.05) is 38.1 Å². The van der Waals surface area contributed by atoms with Crippen molar-refractivity contribution in [3.05, 3.63) is 53.1 Å². The third kappa shape index (κ3) is 4.91. The van der Waals surface area contributed by atoms with Crippen LogP contribution in [0.4, 0.5) is 5.69 Å². The molecule has 0 radical (unpaired) electrons. The molecule has 0 aliphatic carbocycles. The first kappa shape index (κ1) is 19.5. The van der Waals surface area contributed by atoms with Crippen LogP contribution >= 0.6 is 11.6 Å². The van der Waals surface area contributed by atoms with E-state index < -0.39 is 18.1 Å². The molecule has 1 aliphatic rings. The molecule has 2 atom stereocenters. The number of rotatable bonds is 6. The highest BCUT2D eigenvalue weighted by Gasteiger charge is 2.34. The van der Waals surface area contributed by atoms with Crippen LogP contribution < -0.4 is 15.4 Å². The lowest BCUT2D eigenvalue weighted by Crippen LogP contribution is -2.53. The molecule has 0 saturated heterocycles. The fourth-order valence-corrected chi connectivity index (χ4v) is 3.15. The van der Waals surface area contributed by atoms with Gasteiger partial charge < -0.3 is 25.6 Å². The quantitative estimate of drug-likeness (QED) is 0.609. The molecule has 0 fully saturated rings. The maximum atomic E-state index is 12.2. The van der Waals surface area contributed by atoms with Gasteiger partial charge in [-0.05, 0) is 50.1 Å². The Bertz CT molecular complexity index is 823. The minimum atomic E-state index is -1.03. The minimum Gasteiger partial charge on any atom is -0.508 e. The molecule has 1 aliphatic heterocycles. The van der Waals surface area contributed by atoms with Crippen molar-refractivity contribution in [2.24, 2.45) is 0 Å². The summed E-state index contributed by atoms with van der Waals surface area (Å²) in [6, 6.07) is 12.0. The standard InChI is InChI=1S/C20H23ClN2O4/c1-20(2,10-12-3-5-13(21)6-4-12)22-11-16(25)18-19(26)23-15-9-14(24)7-8-17(15)27-18/h3-9,16,18,22,24-25H,10-11H2,1-2H3,(H,23,26). The molecule has 2 aromatic carbocycles. The van der Waals surface area contributed by atoms with Crippen LogP contribution in [0.5, 0.6) is 11.5 Å². The van der Waals surface area contributed by atoms with Crippen LogP contribution in [0.25, 0.3) is 0 Å². The monoisotopic (exact) mass is 390 g/mol. The second-order valence-corrected chi connectivity index (χ2v) is 7.78. The molecule has 7 heteroatoms. The second-order valence-electron chi connectivity index (χ2n) is 7.34. The fraction of sp³-hybridized carbons (Fsp3) is 0.350. The van der Waals surface area contributed by atoms with E-state index >= 15 is 0 Å². The highest BCUT2D eigenvalue weighted by atomic mass is 35.5. The van der Waals surface area contributed by atoms with Crippen LogP contribution in [0.15, 0.2) is 42.5 Å². The predicted octanol–water partition coefficient (Wildman–Crippen LogP) is 2.72. The molecule has 3 rings (SSSR count). The molecule has 144 valence electrons. The molecule has 0 saturated carbocycles. The number of phenolic OH excluding ortho intramolecular Hbond substituents is 1. The van der Waals surface area contributed by atoms with Gasteiger partial charge in [-0.25, -0.2) is 0 Å². The Kier molecular flexibility index (Phi) is 5.60. The van der Waals surface area contributed by atoms with E-state index in [2.05, 4.69) is 10.6 Å². The normalized spacial score (nSPS) is 17.6. The Hall–Kier alpha value is -2.28. The summed E-state index contributed by atoms with van der Waals surface area (Å²) in [7, 11) is 0. The van der Waals surface area contributed by atoms with Crippen molar-refractivity contribution in [3.63, 3.8) is 0 Å². The molecule has 0 aromatic heterocycles. The van der Waals surface area contributed by atoms with Crippen molar-refractivity contribution in [2.75, 3.05) is 11.9 Å². The molecule has 27 heavy (non-hydrogen) atoms. The fourth-order valence-electron chi connectivity index (χ4n) is 3.03. The van der Waals surface area contributed by atoms with E-state index in [1.165, 1.54) is 12.1 Å². The van der Waals surface area contributed by atoms with Crippen LogP contribution in [0.1, 0.15) is 19.4 Å². The van der Waals surface area contributed by atoms with Gasteiger partial charge in [-0.3, -0.25) is 4.79 Å². The lowest BCUT2D eigenvalue weighted by Gasteiger charge is -2.32. The maximum Gasteiger partial charge on any atom is 0.268 e. The molecule has 1 amide bonds. The van der Waals surface area contributed by atoms with Crippen molar-refractivity contribution in [3.8, 4) is 11.5 Å². The number of hydrogen-bond donors (Lipinski definition) is 4. The van der Waals surface area contributed by atoms with E-state index in [9.17, 15) is 15.0 Å². The number of hydrogen-bond acceptors (Lipinski definition) is 5. The van der Waals surface area contributed by atoms with Crippen LogP contribution in [-0.2, 0) is 11.2 Å². The SMILES string of the molecule is CC(C)(Cc1ccc(Cl)cc1)NCC(O)C1Oc2ccc(O)cc2NC1=O. The smallest absolute Gasteiger partial charge is 0.268 e. The Labute approximate surface area is 163 Å². The van der Waals surface area contributed by atoms with Crippen molar-refractivity contribution in [2.45, 2.75) is 38.0 Å². The summed E-state index contributed by atoms with van der Waals surface area (Å²) in [4.78, 5) is 12.2. The largest absolute Gasteiger partial charge is 0.508 e. The number of fused-ring (bicyclic) bond motifs is 1. The van der Waals surface area contributed by atoms with Gasteiger partial charge in [0.25, 0.3) is 5.91 Å². The summed E-state index contributed by atoms with van der Waals surface area (Å²) in [6.07, 6.45) is -1.33. The number of aliphatic hydroxyl groups excluding tert-OH is 1. The molecule has 2 aromatic rings. The number of halogens is 1. The van der Waals surface area contributed by atoms with Gasteiger partial charge in [0.05, 0.1) is 5.69 Å². The van der Waals surface area contributed by atoms with Gasteiger partial charge in [0.15, 0.2) is 0 Å². The summed E-state index contributed by atoms with van der Waals surface area (Å²) in [5, 5.41) is 26.6. The molecule has 0 bridgehead atoms. The zero-order valence-electron chi connectivity index (χ0n) is 15.2. The Morgan fingerprint density at radius 3 is 2.67 bits per heavy atom.